The van der Waals surface area contributed by atoms with Gasteiger partial charge in [0.15, 0.2) is 23.1 Å². The Morgan fingerprint density at radius 3 is 2.57 bits per heavy atom. The Hall–Kier alpha value is -3.55. The van der Waals surface area contributed by atoms with Gasteiger partial charge in [0, 0.05) is 36.4 Å². The summed E-state index contributed by atoms with van der Waals surface area (Å²) in [7, 11) is 3.07. The van der Waals surface area contributed by atoms with E-state index in [2.05, 4.69) is 10.3 Å². The van der Waals surface area contributed by atoms with Crippen LogP contribution in [0.3, 0.4) is 0 Å². The highest BCUT2D eigenvalue weighted by molar-refractivity contribution is 5.94. The highest BCUT2D eigenvalue weighted by Gasteiger charge is 2.22. The number of halogens is 1. The van der Waals surface area contributed by atoms with E-state index in [0.29, 0.717) is 46.9 Å². The lowest BCUT2D eigenvalue weighted by molar-refractivity contribution is 0.252. The summed E-state index contributed by atoms with van der Waals surface area (Å²) < 4.78 is 31.1. The van der Waals surface area contributed by atoms with Crippen molar-refractivity contribution in [2.75, 3.05) is 32.2 Å². The number of aromatic nitrogens is 1. The van der Waals surface area contributed by atoms with Crippen LogP contribution in [0.5, 0.6) is 23.0 Å². The molecule has 144 valence electrons. The van der Waals surface area contributed by atoms with Gasteiger partial charge in [0.2, 0.25) is 0 Å². The average Bonchev–Trinajstić information content (AvgIpc) is 3.14. The van der Waals surface area contributed by atoms with Gasteiger partial charge < -0.3 is 19.5 Å². The first-order chi connectivity index (χ1) is 13.6. The smallest absolute Gasteiger partial charge is 0.321 e. The predicted molar refractivity (Wildman–Crippen MR) is 102 cm³/mol. The van der Waals surface area contributed by atoms with E-state index in [9.17, 15) is 9.18 Å². The van der Waals surface area contributed by atoms with Gasteiger partial charge in [0.05, 0.1) is 14.2 Å². The molecule has 3 aromatic rings. The number of pyridine rings is 1. The average molecular weight is 383 g/mol. The first kappa shape index (κ1) is 17.8. The second-order valence-corrected chi connectivity index (χ2v) is 6.11. The number of urea groups is 1. The molecule has 1 aliphatic rings. The van der Waals surface area contributed by atoms with Crippen molar-refractivity contribution in [3.63, 3.8) is 0 Å². The number of hydrogen-bond donors (Lipinski definition) is 1. The quantitative estimate of drug-likeness (QED) is 0.727. The molecule has 1 aliphatic heterocycles. The van der Waals surface area contributed by atoms with Crippen LogP contribution < -0.4 is 24.4 Å². The van der Waals surface area contributed by atoms with Gasteiger partial charge in [0.1, 0.15) is 11.3 Å². The molecule has 1 aromatic heterocycles. The number of ether oxygens (including phenoxy) is 3. The lowest BCUT2D eigenvalue weighted by Gasteiger charge is -2.16. The molecule has 7 nitrogen and oxygen atoms in total. The van der Waals surface area contributed by atoms with Crippen molar-refractivity contribution in [2.24, 2.45) is 0 Å². The maximum absolute atomic E-state index is 14.6. The van der Waals surface area contributed by atoms with E-state index < -0.39 is 5.82 Å². The molecule has 2 amide bonds. The number of benzene rings is 2. The van der Waals surface area contributed by atoms with Gasteiger partial charge in [-0.2, -0.15) is 0 Å². The van der Waals surface area contributed by atoms with Crippen molar-refractivity contribution >= 4 is 22.6 Å². The van der Waals surface area contributed by atoms with Crippen molar-refractivity contribution in [1.29, 1.82) is 0 Å². The van der Waals surface area contributed by atoms with Gasteiger partial charge in [-0.3, -0.25) is 9.88 Å². The van der Waals surface area contributed by atoms with E-state index in [0.717, 1.165) is 0 Å². The van der Waals surface area contributed by atoms with E-state index in [1.807, 2.05) is 0 Å². The predicted octanol–water partition coefficient (Wildman–Crippen LogP) is 3.71. The van der Waals surface area contributed by atoms with Crippen LogP contribution in [0.15, 0.2) is 42.6 Å². The number of nitrogens with one attached hydrogen (secondary N) is 1. The number of fused-ring (bicyclic) bond motifs is 1. The van der Waals surface area contributed by atoms with Crippen molar-refractivity contribution in [1.82, 2.24) is 10.3 Å². The van der Waals surface area contributed by atoms with E-state index in [-0.39, 0.29) is 11.8 Å². The Morgan fingerprint density at radius 1 is 1.07 bits per heavy atom. The molecule has 4 rings (SSSR count). The fourth-order valence-electron chi connectivity index (χ4n) is 3.17. The zero-order valence-corrected chi connectivity index (χ0v) is 15.4. The Bertz CT molecular complexity index is 1060. The summed E-state index contributed by atoms with van der Waals surface area (Å²) in [6, 6.07) is 9.36. The monoisotopic (exact) mass is 383 g/mol. The number of rotatable bonds is 5. The Labute approximate surface area is 160 Å². The van der Waals surface area contributed by atoms with Gasteiger partial charge in [-0.05, 0) is 30.3 Å². The molecule has 1 saturated heterocycles. The first-order valence-corrected chi connectivity index (χ1v) is 8.65. The third-order valence-electron chi connectivity index (χ3n) is 4.52. The highest BCUT2D eigenvalue weighted by Crippen LogP contribution is 2.39. The molecule has 0 saturated carbocycles. The lowest BCUT2D eigenvalue weighted by atomic mass is 10.1. The molecule has 0 aliphatic carbocycles. The van der Waals surface area contributed by atoms with Crippen LogP contribution in [0.25, 0.3) is 10.9 Å². The van der Waals surface area contributed by atoms with Crippen LogP contribution in [-0.2, 0) is 0 Å². The maximum Gasteiger partial charge on any atom is 0.321 e. The number of carbonyl (C=O) groups excluding carboxylic acids is 1. The van der Waals surface area contributed by atoms with E-state index >= 15 is 0 Å². The molecule has 2 aromatic carbocycles. The largest absolute Gasteiger partial charge is 0.493 e. The number of anilines is 1. The van der Waals surface area contributed by atoms with E-state index in [1.54, 1.807) is 37.6 Å². The third-order valence-corrected chi connectivity index (χ3v) is 4.52. The fourth-order valence-corrected chi connectivity index (χ4v) is 3.17. The molecule has 2 heterocycles. The van der Waals surface area contributed by atoms with Crippen molar-refractivity contribution in [3.05, 3.63) is 48.4 Å². The molecule has 1 N–H and O–H groups in total. The topological polar surface area (TPSA) is 72.9 Å². The van der Waals surface area contributed by atoms with Gasteiger partial charge in [-0.1, -0.05) is 0 Å². The van der Waals surface area contributed by atoms with Gasteiger partial charge in [-0.25, -0.2) is 9.18 Å². The zero-order valence-electron chi connectivity index (χ0n) is 15.4. The molecule has 0 bridgehead atoms. The molecule has 0 unspecified atom stereocenters. The highest BCUT2D eigenvalue weighted by atomic mass is 19.1. The van der Waals surface area contributed by atoms with Crippen molar-refractivity contribution in [3.8, 4) is 23.0 Å². The number of hydrogen-bond acceptors (Lipinski definition) is 5. The number of carbonyl (C=O) groups is 1. The standard InChI is InChI=1S/C20H18FN3O4/c1-26-17-6-4-13-15(7-8-22-18(13)19(17)27-2)28-16-5-3-12(11-14(16)21)24-10-9-23-20(24)25/h3-8,11H,9-10H2,1-2H3,(H,23,25). The Morgan fingerprint density at radius 2 is 1.89 bits per heavy atom. The first-order valence-electron chi connectivity index (χ1n) is 8.65. The van der Waals surface area contributed by atoms with Gasteiger partial charge in [0.25, 0.3) is 0 Å². The summed E-state index contributed by atoms with van der Waals surface area (Å²) in [5.74, 6) is 0.921. The SMILES string of the molecule is COc1ccc2c(Oc3ccc(N4CCNC4=O)cc3F)ccnc2c1OC. The summed E-state index contributed by atoms with van der Waals surface area (Å²) >= 11 is 0. The molecular formula is C20H18FN3O4. The fraction of sp³-hybridized carbons (Fsp3) is 0.200. The molecular weight excluding hydrogens is 365 g/mol. The Kier molecular flexibility index (Phi) is 4.60. The normalized spacial score (nSPS) is 13.5. The van der Waals surface area contributed by atoms with Gasteiger partial charge in [-0.15, -0.1) is 0 Å². The zero-order chi connectivity index (χ0) is 19.7. The molecule has 0 radical (unpaired) electrons. The Balaban J connectivity index is 1.69. The number of nitrogens with zero attached hydrogens (tertiary/aromatic N) is 2. The number of amides is 2. The molecule has 1 fully saturated rings. The van der Waals surface area contributed by atoms with Crippen LogP contribution in [0, 0.1) is 5.82 Å². The van der Waals surface area contributed by atoms with E-state index in [4.69, 9.17) is 14.2 Å². The lowest BCUT2D eigenvalue weighted by Crippen LogP contribution is -2.27. The summed E-state index contributed by atoms with van der Waals surface area (Å²) in [5.41, 5.74) is 1.02. The number of methoxy groups -OCH3 is 2. The van der Waals surface area contributed by atoms with Crippen LogP contribution >= 0.6 is 0 Å². The van der Waals surface area contributed by atoms with Crippen molar-refractivity contribution < 1.29 is 23.4 Å². The maximum atomic E-state index is 14.6. The van der Waals surface area contributed by atoms with Crippen molar-refractivity contribution in [2.45, 2.75) is 0 Å². The second kappa shape index (κ2) is 7.22. The van der Waals surface area contributed by atoms with Crippen LogP contribution in [0.1, 0.15) is 0 Å². The third kappa shape index (κ3) is 3.02. The minimum atomic E-state index is -0.567. The molecule has 0 atom stereocenters. The van der Waals surface area contributed by atoms with Crippen LogP contribution in [-0.4, -0.2) is 38.3 Å². The summed E-state index contributed by atoms with van der Waals surface area (Å²) in [5, 5.41) is 3.34. The summed E-state index contributed by atoms with van der Waals surface area (Å²) in [6.07, 6.45) is 1.56. The van der Waals surface area contributed by atoms with Crippen LogP contribution in [0.4, 0.5) is 14.9 Å². The molecule has 8 heteroatoms. The minimum absolute atomic E-state index is 0.0469. The van der Waals surface area contributed by atoms with Crippen LogP contribution in [0.2, 0.25) is 0 Å². The summed E-state index contributed by atoms with van der Waals surface area (Å²) in [4.78, 5) is 17.6. The second-order valence-electron chi connectivity index (χ2n) is 6.11. The minimum Gasteiger partial charge on any atom is -0.493 e. The van der Waals surface area contributed by atoms with Gasteiger partial charge >= 0.3 is 6.03 Å². The summed E-state index contributed by atoms with van der Waals surface area (Å²) in [6.45, 7) is 1.03. The van der Waals surface area contributed by atoms with E-state index in [1.165, 1.54) is 24.1 Å². The molecule has 0 spiro atoms. The molecule has 28 heavy (non-hydrogen) atoms.